The van der Waals surface area contributed by atoms with Gasteiger partial charge in [0.05, 0.1) is 0 Å². The van der Waals surface area contributed by atoms with Crippen LogP contribution in [0.2, 0.25) is 0 Å². The van der Waals surface area contributed by atoms with Crippen molar-refractivity contribution in [2.24, 2.45) is 0 Å². The normalized spacial score (nSPS) is 18.2. The Balaban J connectivity index is 1.25. The van der Waals surface area contributed by atoms with E-state index in [2.05, 4.69) is 26.6 Å². The van der Waals surface area contributed by atoms with E-state index < -0.39 is 23.5 Å². The predicted molar refractivity (Wildman–Crippen MR) is 155 cm³/mol. The van der Waals surface area contributed by atoms with Gasteiger partial charge in [0.1, 0.15) is 24.7 Å². The molecule has 40 heavy (non-hydrogen) atoms. The van der Waals surface area contributed by atoms with Gasteiger partial charge in [-0.05, 0) is 66.6 Å². The molecule has 0 spiro atoms. The largest absolute Gasteiger partial charge is 0.489 e. The molecule has 204 valence electrons. The number of hydrogen-bond donors (Lipinski definition) is 3. The summed E-state index contributed by atoms with van der Waals surface area (Å²) in [5.41, 5.74) is 1.56. The van der Waals surface area contributed by atoms with Crippen molar-refractivity contribution in [3.05, 3.63) is 130 Å². The number of ether oxygens (including phenoxy) is 2. The third kappa shape index (κ3) is 6.19. The van der Waals surface area contributed by atoms with Gasteiger partial charge in [0, 0.05) is 21.5 Å². The van der Waals surface area contributed by atoms with Crippen molar-refractivity contribution in [3.8, 4) is 11.5 Å². The summed E-state index contributed by atoms with van der Waals surface area (Å²) in [4.78, 5) is 25.8. The fraction of sp³-hybridized carbons (Fsp3) is 0.188. The van der Waals surface area contributed by atoms with Gasteiger partial charge in [-0.25, -0.2) is 4.79 Å². The van der Waals surface area contributed by atoms with Crippen molar-refractivity contribution in [1.82, 2.24) is 10.6 Å². The first-order chi connectivity index (χ1) is 19.4. The van der Waals surface area contributed by atoms with Gasteiger partial charge < -0.3 is 19.9 Å². The zero-order valence-electron chi connectivity index (χ0n) is 21.7. The fourth-order valence-electron chi connectivity index (χ4n) is 4.85. The average Bonchev–Trinajstić information content (AvgIpc) is 3.41. The van der Waals surface area contributed by atoms with Gasteiger partial charge in [0.15, 0.2) is 5.66 Å². The van der Waals surface area contributed by atoms with Gasteiger partial charge in [-0.15, -0.1) is 0 Å². The molecule has 5 rings (SSSR count). The molecule has 1 aliphatic heterocycles. The van der Waals surface area contributed by atoms with Crippen molar-refractivity contribution in [2.45, 2.75) is 31.2 Å². The highest BCUT2D eigenvalue weighted by Gasteiger charge is 2.51. The minimum Gasteiger partial charge on any atom is -0.489 e. The molecule has 7 nitrogen and oxygen atoms in total. The Hall–Kier alpha value is -4.14. The Kier molecular flexibility index (Phi) is 8.48. The highest BCUT2D eigenvalue weighted by atomic mass is 79.9. The maximum absolute atomic E-state index is 13.2. The Bertz CT molecular complexity index is 1460. The van der Waals surface area contributed by atoms with Gasteiger partial charge in [-0.1, -0.05) is 76.6 Å². The Morgan fingerprint density at radius 3 is 2.15 bits per heavy atom. The summed E-state index contributed by atoms with van der Waals surface area (Å²) in [6, 6.07) is 31.7. The first-order valence-electron chi connectivity index (χ1n) is 13.0. The van der Waals surface area contributed by atoms with Crippen molar-refractivity contribution in [1.29, 1.82) is 0 Å². The smallest absolute Gasteiger partial charge is 0.345 e. The zero-order chi connectivity index (χ0) is 28.0. The Morgan fingerprint density at radius 2 is 1.48 bits per heavy atom. The van der Waals surface area contributed by atoms with E-state index >= 15 is 0 Å². The number of carbonyl (C=O) groups is 2. The molecule has 0 aromatic heterocycles. The highest BCUT2D eigenvalue weighted by Crippen LogP contribution is 2.36. The molecule has 1 aliphatic rings. The van der Waals surface area contributed by atoms with E-state index in [1.54, 1.807) is 24.3 Å². The van der Waals surface area contributed by atoms with Gasteiger partial charge in [-0.2, -0.15) is 0 Å². The first kappa shape index (κ1) is 27.4. The van der Waals surface area contributed by atoms with Gasteiger partial charge in [0.25, 0.3) is 5.91 Å². The lowest BCUT2D eigenvalue weighted by Gasteiger charge is -2.32. The minimum absolute atomic E-state index is 0.339. The second-order valence-electron chi connectivity index (χ2n) is 9.58. The van der Waals surface area contributed by atoms with Gasteiger partial charge in [0.2, 0.25) is 0 Å². The van der Waals surface area contributed by atoms with Crippen LogP contribution in [0.5, 0.6) is 11.5 Å². The van der Waals surface area contributed by atoms with Crippen LogP contribution in [0.4, 0.5) is 0 Å². The molecular formula is C32H29BrN2O5. The molecule has 0 bridgehead atoms. The first-order valence-corrected chi connectivity index (χ1v) is 13.8. The molecular weight excluding hydrogens is 572 g/mol. The van der Waals surface area contributed by atoms with Crippen LogP contribution in [0.3, 0.4) is 0 Å². The van der Waals surface area contributed by atoms with E-state index in [1.165, 1.54) is 0 Å². The molecule has 0 aliphatic carbocycles. The predicted octanol–water partition coefficient (Wildman–Crippen LogP) is 5.89. The number of nitrogens with one attached hydrogen (secondary N) is 2. The third-order valence-corrected chi connectivity index (χ3v) is 7.78. The summed E-state index contributed by atoms with van der Waals surface area (Å²) in [6.45, 7) is 1.26. The van der Waals surface area contributed by atoms with E-state index in [0.29, 0.717) is 43.2 Å². The molecule has 8 heteroatoms. The van der Waals surface area contributed by atoms with E-state index in [1.807, 2.05) is 78.9 Å². The lowest BCUT2D eigenvalue weighted by Crippen LogP contribution is -2.63. The van der Waals surface area contributed by atoms with Crippen molar-refractivity contribution >= 4 is 27.8 Å². The van der Waals surface area contributed by atoms with E-state index in [9.17, 15) is 14.7 Å². The van der Waals surface area contributed by atoms with Crippen LogP contribution in [0, 0.1) is 0 Å². The highest BCUT2D eigenvalue weighted by molar-refractivity contribution is 9.10. The van der Waals surface area contributed by atoms with Crippen LogP contribution < -0.4 is 20.1 Å². The molecule has 4 aromatic carbocycles. The topological polar surface area (TPSA) is 96.9 Å². The molecule has 2 atom stereocenters. The summed E-state index contributed by atoms with van der Waals surface area (Å²) < 4.78 is 12.7. The van der Waals surface area contributed by atoms with Crippen LogP contribution in [0.15, 0.2) is 108 Å². The summed E-state index contributed by atoms with van der Waals surface area (Å²) in [5.74, 6) is -0.802. The maximum atomic E-state index is 13.2. The molecule has 1 saturated heterocycles. The van der Waals surface area contributed by atoms with Gasteiger partial charge >= 0.3 is 5.97 Å². The number of halogens is 1. The van der Waals surface area contributed by atoms with Crippen LogP contribution >= 0.6 is 15.9 Å². The minimum atomic E-state index is -1.64. The van der Waals surface area contributed by atoms with Crippen molar-refractivity contribution in [2.75, 3.05) is 6.54 Å². The second kappa shape index (κ2) is 12.4. The standard InChI is InChI=1S/C32H29BrN2O5/c33-29-9-5-4-8-25(29)21-40-27-16-12-24(13-17-27)30(36)35-32(31(37)38)28(18-19-34-32)23-10-14-26(15-11-23)39-20-22-6-2-1-3-7-22/h1-17,28,34H,18-21H2,(H,35,36)(H,37,38)/t28?,32-/m1/s1. The number of carbonyl (C=O) groups excluding carboxylic acids is 1. The molecule has 3 N–H and O–H groups in total. The quantitative estimate of drug-likeness (QED) is 0.210. The number of benzene rings is 4. The monoisotopic (exact) mass is 600 g/mol. The maximum Gasteiger partial charge on any atom is 0.345 e. The summed E-state index contributed by atoms with van der Waals surface area (Å²) in [5, 5.41) is 16.1. The summed E-state index contributed by atoms with van der Waals surface area (Å²) >= 11 is 3.51. The summed E-state index contributed by atoms with van der Waals surface area (Å²) in [6.07, 6.45) is 0.554. The van der Waals surface area contributed by atoms with Crippen molar-refractivity contribution < 1.29 is 24.2 Å². The Labute approximate surface area is 241 Å². The molecule has 1 fully saturated rings. The number of hydrogen-bond acceptors (Lipinski definition) is 5. The second-order valence-corrected chi connectivity index (χ2v) is 10.4. The number of amides is 1. The lowest BCUT2D eigenvalue weighted by atomic mass is 9.86. The number of carboxylic acid groups (broad SMARTS) is 1. The summed E-state index contributed by atoms with van der Waals surface area (Å²) in [7, 11) is 0. The van der Waals surface area contributed by atoms with E-state index in [4.69, 9.17) is 9.47 Å². The van der Waals surface area contributed by atoms with Crippen LogP contribution in [-0.4, -0.2) is 29.2 Å². The Morgan fingerprint density at radius 1 is 0.850 bits per heavy atom. The number of rotatable bonds is 10. The molecule has 0 radical (unpaired) electrons. The van der Waals surface area contributed by atoms with Crippen LogP contribution in [0.1, 0.15) is 39.4 Å². The lowest BCUT2D eigenvalue weighted by molar-refractivity contribution is -0.146. The fourth-order valence-corrected chi connectivity index (χ4v) is 5.25. The molecule has 0 saturated carbocycles. The van der Waals surface area contributed by atoms with E-state index in [-0.39, 0.29) is 0 Å². The zero-order valence-corrected chi connectivity index (χ0v) is 23.3. The third-order valence-electron chi connectivity index (χ3n) is 7.01. The molecule has 1 heterocycles. The van der Waals surface area contributed by atoms with Crippen LogP contribution in [-0.2, 0) is 18.0 Å². The van der Waals surface area contributed by atoms with E-state index in [0.717, 1.165) is 21.2 Å². The number of aliphatic carboxylic acids is 1. The average molecular weight is 601 g/mol. The molecule has 1 amide bonds. The van der Waals surface area contributed by atoms with Crippen LogP contribution in [0.25, 0.3) is 0 Å². The molecule has 4 aromatic rings. The molecule has 1 unspecified atom stereocenters. The number of carboxylic acids is 1. The SMILES string of the molecule is O=C(N[C@]1(C(=O)O)NCCC1c1ccc(OCc2ccccc2)cc1)c1ccc(OCc2ccccc2Br)cc1. The van der Waals surface area contributed by atoms with Crippen molar-refractivity contribution in [3.63, 3.8) is 0 Å². The van der Waals surface area contributed by atoms with Gasteiger partial charge in [-0.3, -0.25) is 10.1 Å².